The molecule has 1 aromatic carbocycles. The Balaban J connectivity index is 1.73. The maximum atomic E-state index is 12.4. The first-order chi connectivity index (χ1) is 15.6. The zero-order valence-corrected chi connectivity index (χ0v) is 20.8. The van der Waals surface area contributed by atoms with Crippen LogP contribution in [0.1, 0.15) is 19.9 Å². The summed E-state index contributed by atoms with van der Waals surface area (Å²) in [5.41, 5.74) is 2.62. The topological polar surface area (TPSA) is 131 Å². The standard InChI is InChI=1S/C20H22BrN9O2S/c1-12(2)30-11-13(9-25-30)26-20-24-10-14(21)19(28-20)27-16-6-5-15-17(23-8-7-22-15)18(16)29(3)33(4,31)32/h5-12H,1-4H3,(H2,24,26,27,28). The van der Waals surface area contributed by atoms with E-state index in [1.807, 2.05) is 24.7 Å². The summed E-state index contributed by atoms with van der Waals surface area (Å²) in [5.74, 6) is 0.790. The third kappa shape index (κ3) is 4.88. The third-order valence-electron chi connectivity index (χ3n) is 4.81. The van der Waals surface area contributed by atoms with Crippen molar-refractivity contribution in [1.82, 2.24) is 29.7 Å². The third-order valence-corrected chi connectivity index (χ3v) is 6.57. The molecular weight excluding hydrogens is 510 g/mol. The molecule has 0 fully saturated rings. The van der Waals surface area contributed by atoms with E-state index in [0.717, 1.165) is 11.9 Å². The van der Waals surface area contributed by atoms with Crippen molar-refractivity contribution >= 4 is 65.8 Å². The predicted molar refractivity (Wildman–Crippen MR) is 132 cm³/mol. The van der Waals surface area contributed by atoms with Crippen LogP contribution in [0.25, 0.3) is 11.0 Å². The van der Waals surface area contributed by atoms with Crippen LogP contribution in [0, 0.1) is 0 Å². The first kappa shape index (κ1) is 22.9. The molecule has 0 saturated carbocycles. The molecule has 0 unspecified atom stereocenters. The van der Waals surface area contributed by atoms with E-state index < -0.39 is 10.0 Å². The lowest BCUT2D eigenvalue weighted by Gasteiger charge is -2.22. The first-order valence-corrected chi connectivity index (χ1v) is 12.6. The van der Waals surface area contributed by atoms with Crippen LogP contribution in [0.2, 0.25) is 0 Å². The van der Waals surface area contributed by atoms with Gasteiger partial charge in [-0.15, -0.1) is 0 Å². The molecule has 13 heteroatoms. The minimum absolute atomic E-state index is 0.227. The monoisotopic (exact) mass is 531 g/mol. The molecule has 0 amide bonds. The molecule has 4 aromatic rings. The number of hydrogen-bond acceptors (Lipinski definition) is 9. The number of benzene rings is 1. The number of fused-ring (bicyclic) bond motifs is 1. The van der Waals surface area contributed by atoms with E-state index in [4.69, 9.17) is 0 Å². The van der Waals surface area contributed by atoms with Gasteiger partial charge in [0.25, 0.3) is 0 Å². The molecule has 4 rings (SSSR count). The van der Waals surface area contributed by atoms with Gasteiger partial charge in [0.05, 0.1) is 33.8 Å². The number of hydrogen-bond donors (Lipinski definition) is 2. The second-order valence-electron chi connectivity index (χ2n) is 7.56. The van der Waals surface area contributed by atoms with Crippen molar-refractivity contribution in [1.29, 1.82) is 0 Å². The van der Waals surface area contributed by atoms with Gasteiger partial charge in [0, 0.05) is 37.9 Å². The highest BCUT2D eigenvalue weighted by molar-refractivity contribution is 9.10. The quantitative estimate of drug-likeness (QED) is 0.365. The summed E-state index contributed by atoms with van der Waals surface area (Å²) in [5, 5.41) is 10.6. The summed E-state index contributed by atoms with van der Waals surface area (Å²) < 4.78 is 28.3. The number of nitrogens with one attached hydrogen (secondary N) is 2. The van der Waals surface area contributed by atoms with Gasteiger partial charge in [-0.1, -0.05) is 0 Å². The van der Waals surface area contributed by atoms with Gasteiger partial charge in [0.15, 0.2) is 0 Å². The molecule has 0 atom stereocenters. The minimum atomic E-state index is -3.57. The Kier molecular flexibility index (Phi) is 6.17. The lowest BCUT2D eigenvalue weighted by atomic mass is 10.2. The van der Waals surface area contributed by atoms with E-state index in [2.05, 4.69) is 51.6 Å². The van der Waals surface area contributed by atoms with Gasteiger partial charge in [0.2, 0.25) is 16.0 Å². The van der Waals surface area contributed by atoms with Crippen LogP contribution < -0.4 is 14.9 Å². The van der Waals surface area contributed by atoms with Crippen molar-refractivity contribution in [2.75, 3.05) is 28.2 Å². The summed E-state index contributed by atoms with van der Waals surface area (Å²) in [7, 11) is -2.10. The highest BCUT2D eigenvalue weighted by Crippen LogP contribution is 2.36. The SMILES string of the molecule is CC(C)n1cc(Nc2ncc(Br)c(Nc3ccc4nccnc4c3N(C)S(C)(=O)=O)n2)cn1. The fourth-order valence-electron chi connectivity index (χ4n) is 3.06. The normalized spacial score (nSPS) is 11.7. The predicted octanol–water partition coefficient (Wildman–Crippen LogP) is 3.84. The zero-order valence-electron chi connectivity index (χ0n) is 18.4. The molecule has 0 radical (unpaired) electrons. The number of rotatable bonds is 7. The molecule has 0 saturated heterocycles. The largest absolute Gasteiger partial charge is 0.337 e. The number of nitrogens with zero attached hydrogens (tertiary/aromatic N) is 7. The smallest absolute Gasteiger partial charge is 0.232 e. The number of anilines is 5. The average molecular weight is 532 g/mol. The van der Waals surface area contributed by atoms with Crippen molar-refractivity contribution < 1.29 is 8.42 Å². The Morgan fingerprint density at radius 3 is 2.55 bits per heavy atom. The second-order valence-corrected chi connectivity index (χ2v) is 10.4. The van der Waals surface area contributed by atoms with Crippen molar-refractivity contribution in [2.45, 2.75) is 19.9 Å². The fourth-order valence-corrected chi connectivity index (χ4v) is 3.87. The van der Waals surface area contributed by atoms with E-state index in [-0.39, 0.29) is 6.04 Å². The Hall–Kier alpha value is -3.32. The van der Waals surface area contributed by atoms with Gasteiger partial charge in [-0.3, -0.25) is 19.0 Å². The molecular formula is C20H22BrN9O2S. The summed E-state index contributed by atoms with van der Waals surface area (Å²) in [4.78, 5) is 17.5. The average Bonchev–Trinajstić information content (AvgIpc) is 3.23. The lowest BCUT2D eigenvalue weighted by Crippen LogP contribution is -2.26. The highest BCUT2D eigenvalue weighted by Gasteiger charge is 2.21. The van der Waals surface area contributed by atoms with Crippen LogP contribution >= 0.6 is 15.9 Å². The number of halogens is 1. The molecule has 33 heavy (non-hydrogen) atoms. The van der Waals surface area contributed by atoms with E-state index in [9.17, 15) is 8.42 Å². The van der Waals surface area contributed by atoms with E-state index >= 15 is 0 Å². The Morgan fingerprint density at radius 1 is 1.09 bits per heavy atom. The summed E-state index contributed by atoms with van der Waals surface area (Å²) >= 11 is 3.46. The van der Waals surface area contributed by atoms with Gasteiger partial charge in [-0.2, -0.15) is 10.1 Å². The summed E-state index contributed by atoms with van der Waals surface area (Å²) in [6.07, 6.45) is 9.37. The molecule has 0 aliphatic carbocycles. The first-order valence-electron chi connectivity index (χ1n) is 9.92. The van der Waals surface area contributed by atoms with Crippen molar-refractivity contribution in [3.63, 3.8) is 0 Å². The maximum absolute atomic E-state index is 12.4. The molecule has 2 N–H and O–H groups in total. The number of aromatic nitrogens is 6. The Bertz CT molecular complexity index is 1420. The van der Waals surface area contributed by atoms with Crippen LogP contribution in [0.15, 0.2) is 47.6 Å². The van der Waals surface area contributed by atoms with Gasteiger partial charge in [-0.05, 0) is 41.9 Å². The minimum Gasteiger partial charge on any atom is -0.337 e. The zero-order chi connectivity index (χ0) is 23.8. The van der Waals surface area contributed by atoms with Crippen molar-refractivity contribution in [2.24, 2.45) is 0 Å². The van der Waals surface area contributed by atoms with Gasteiger partial charge in [-0.25, -0.2) is 13.4 Å². The van der Waals surface area contributed by atoms with E-state index in [1.165, 1.54) is 17.5 Å². The maximum Gasteiger partial charge on any atom is 0.232 e. The molecule has 172 valence electrons. The van der Waals surface area contributed by atoms with Crippen LogP contribution in [0.5, 0.6) is 0 Å². The van der Waals surface area contributed by atoms with Crippen LogP contribution in [-0.4, -0.2) is 51.4 Å². The molecule has 11 nitrogen and oxygen atoms in total. The Labute approximate surface area is 199 Å². The highest BCUT2D eigenvalue weighted by atomic mass is 79.9. The molecule has 0 bridgehead atoms. The van der Waals surface area contributed by atoms with Gasteiger partial charge in [0.1, 0.15) is 17.0 Å². The molecule has 3 aromatic heterocycles. The number of sulfonamides is 1. The van der Waals surface area contributed by atoms with Crippen LogP contribution in [0.3, 0.4) is 0 Å². The van der Waals surface area contributed by atoms with Crippen LogP contribution in [-0.2, 0) is 10.0 Å². The fraction of sp³-hybridized carbons (Fsp3) is 0.250. The molecule has 3 heterocycles. The van der Waals surface area contributed by atoms with E-state index in [1.54, 1.807) is 30.7 Å². The molecule has 0 aliphatic rings. The summed E-state index contributed by atoms with van der Waals surface area (Å²) in [6.45, 7) is 4.07. The molecule has 0 aliphatic heterocycles. The van der Waals surface area contributed by atoms with Crippen molar-refractivity contribution in [3.8, 4) is 0 Å². The molecule has 0 spiro atoms. The summed E-state index contributed by atoms with van der Waals surface area (Å²) in [6, 6.07) is 3.73. The van der Waals surface area contributed by atoms with E-state index in [0.29, 0.717) is 38.6 Å². The second kappa shape index (κ2) is 8.90. The van der Waals surface area contributed by atoms with Gasteiger partial charge >= 0.3 is 0 Å². The van der Waals surface area contributed by atoms with Gasteiger partial charge < -0.3 is 10.6 Å². The van der Waals surface area contributed by atoms with Crippen LogP contribution in [0.4, 0.5) is 28.8 Å². The Morgan fingerprint density at radius 2 is 1.85 bits per heavy atom. The lowest BCUT2D eigenvalue weighted by molar-refractivity contribution is 0.532. The van der Waals surface area contributed by atoms with Crippen molar-refractivity contribution in [3.05, 3.63) is 47.6 Å².